The fraction of sp³-hybridized carbons (Fsp3) is 0.174. The first-order valence-electron chi connectivity index (χ1n) is 9.99. The second kappa shape index (κ2) is 7.76. The van der Waals surface area contributed by atoms with Crippen molar-refractivity contribution in [2.45, 2.75) is 22.8 Å². The monoisotopic (exact) mass is 448 g/mol. The number of rotatable bonds is 5. The summed E-state index contributed by atoms with van der Waals surface area (Å²) in [5.41, 5.74) is 1.50. The van der Waals surface area contributed by atoms with Crippen LogP contribution in [0.25, 0.3) is 10.8 Å². The summed E-state index contributed by atoms with van der Waals surface area (Å²) in [7, 11) is -1.70. The molecule has 2 aromatic heterocycles. The third-order valence-corrected chi connectivity index (χ3v) is 7.32. The van der Waals surface area contributed by atoms with Crippen LogP contribution in [0.15, 0.2) is 75.5 Å². The maximum atomic E-state index is 13.4. The highest BCUT2D eigenvalue weighted by molar-refractivity contribution is 7.92. The fourth-order valence-corrected chi connectivity index (χ4v) is 5.13. The summed E-state index contributed by atoms with van der Waals surface area (Å²) in [5.74, 6) is 1.27. The van der Waals surface area contributed by atoms with Crippen molar-refractivity contribution in [2.24, 2.45) is 0 Å². The number of pyridine rings is 1. The van der Waals surface area contributed by atoms with Crippen molar-refractivity contribution in [3.63, 3.8) is 0 Å². The van der Waals surface area contributed by atoms with Crippen molar-refractivity contribution in [3.8, 4) is 11.6 Å². The van der Waals surface area contributed by atoms with Crippen LogP contribution in [0.4, 0.5) is 0 Å². The molecule has 1 N–H and O–H groups in total. The molecule has 162 valence electrons. The van der Waals surface area contributed by atoms with Crippen LogP contribution in [-0.4, -0.2) is 32.7 Å². The third kappa shape index (κ3) is 3.50. The molecule has 0 radical (unpaired) electrons. The average molecular weight is 449 g/mol. The largest absolute Gasteiger partial charge is 0.493 e. The third-order valence-electron chi connectivity index (χ3n) is 5.49. The van der Waals surface area contributed by atoms with Gasteiger partial charge in [0.2, 0.25) is 5.88 Å². The maximum Gasteiger partial charge on any atom is 0.274 e. The Bertz CT molecular complexity index is 1500. The van der Waals surface area contributed by atoms with E-state index in [0.29, 0.717) is 33.1 Å². The van der Waals surface area contributed by atoms with Crippen LogP contribution in [-0.2, 0) is 22.7 Å². The molecule has 1 aliphatic heterocycles. The molecular weight excluding hydrogens is 428 g/mol. The highest BCUT2D eigenvalue weighted by atomic mass is 32.2. The average Bonchev–Trinajstić information content (AvgIpc) is 3.29. The zero-order valence-electron chi connectivity index (χ0n) is 17.3. The minimum Gasteiger partial charge on any atom is -0.493 e. The summed E-state index contributed by atoms with van der Waals surface area (Å²) >= 11 is 0. The van der Waals surface area contributed by atoms with E-state index in [1.807, 2.05) is 6.07 Å². The van der Waals surface area contributed by atoms with Gasteiger partial charge in [-0.25, -0.2) is 18.7 Å². The van der Waals surface area contributed by atoms with E-state index >= 15 is 0 Å². The first-order chi connectivity index (χ1) is 15.5. The molecule has 0 saturated carbocycles. The lowest BCUT2D eigenvalue weighted by Crippen LogP contribution is -2.23. The van der Waals surface area contributed by atoms with Crippen LogP contribution < -0.4 is 15.0 Å². The molecule has 9 heteroatoms. The number of fused-ring (bicyclic) bond motifs is 2. The highest BCUT2D eigenvalue weighted by Gasteiger charge is 2.19. The number of hydrogen-bond acceptors (Lipinski definition) is 7. The van der Waals surface area contributed by atoms with E-state index in [0.717, 1.165) is 23.3 Å². The van der Waals surface area contributed by atoms with Crippen molar-refractivity contribution >= 4 is 20.5 Å². The molecule has 0 unspecified atom stereocenters. The van der Waals surface area contributed by atoms with Gasteiger partial charge in [-0.15, -0.1) is 0 Å². The van der Waals surface area contributed by atoms with Gasteiger partial charge in [0.25, 0.3) is 5.56 Å². The molecule has 3 heterocycles. The van der Waals surface area contributed by atoms with Crippen LogP contribution in [0.5, 0.6) is 11.6 Å². The summed E-state index contributed by atoms with van der Waals surface area (Å²) in [6.07, 6.45) is 3.93. The van der Waals surface area contributed by atoms with Gasteiger partial charge in [0.1, 0.15) is 15.5 Å². The second-order valence-electron chi connectivity index (χ2n) is 7.49. The van der Waals surface area contributed by atoms with E-state index in [4.69, 9.17) is 14.3 Å². The molecule has 5 rings (SSSR count). The number of benzene rings is 2. The Hall–Kier alpha value is -3.72. The van der Waals surface area contributed by atoms with Gasteiger partial charge in [-0.05, 0) is 47.5 Å². The Morgan fingerprint density at radius 3 is 2.72 bits per heavy atom. The van der Waals surface area contributed by atoms with Crippen LogP contribution in [0.1, 0.15) is 11.1 Å². The lowest BCUT2D eigenvalue weighted by Gasteiger charge is -2.11. The second-order valence-corrected chi connectivity index (χ2v) is 9.54. The Balaban J connectivity index is 1.49. The van der Waals surface area contributed by atoms with Gasteiger partial charge in [-0.2, -0.15) is 5.10 Å². The predicted octanol–water partition coefficient (Wildman–Crippen LogP) is 3.25. The lowest BCUT2D eigenvalue weighted by atomic mass is 10.2. The molecule has 0 saturated heterocycles. The molecule has 1 aliphatic rings. The van der Waals surface area contributed by atoms with E-state index < -0.39 is 9.73 Å². The molecule has 1 atom stereocenters. The molecule has 8 nitrogen and oxygen atoms in total. The van der Waals surface area contributed by atoms with Crippen LogP contribution >= 0.6 is 0 Å². The molecular formula is C23H20N4O4S. The van der Waals surface area contributed by atoms with E-state index in [1.165, 1.54) is 4.68 Å². The number of nitrogens with zero attached hydrogens (tertiary/aromatic N) is 3. The van der Waals surface area contributed by atoms with Crippen LogP contribution in [0.2, 0.25) is 0 Å². The number of aromatic nitrogens is 3. The van der Waals surface area contributed by atoms with Crippen LogP contribution in [0, 0.1) is 4.78 Å². The van der Waals surface area contributed by atoms with E-state index in [2.05, 4.69) is 10.1 Å². The van der Waals surface area contributed by atoms with E-state index in [1.54, 1.807) is 62.0 Å². The molecule has 4 aromatic rings. The van der Waals surface area contributed by atoms with Crippen molar-refractivity contribution in [1.29, 1.82) is 4.78 Å². The SMILES string of the molecule is COc1ccc(Cn2ncc3cc([S@@](=N)(=O)c4ccc5c(c4)CCO5)ccc3c2=O)cn1. The van der Waals surface area contributed by atoms with Crippen molar-refractivity contribution < 1.29 is 13.7 Å². The zero-order valence-corrected chi connectivity index (χ0v) is 18.1. The van der Waals surface area contributed by atoms with Crippen molar-refractivity contribution in [3.05, 3.63) is 82.4 Å². The smallest absolute Gasteiger partial charge is 0.274 e. The molecule has 0 amide bonds. The Kier molecular flexibility index (Phi) is 4.90. The van der Waals surface area contributed by atoms with Gasteiger partial charge in [-0.3, -0.25) is 4.79 Å². The Morgan fingerprint density at radius 1 is 1.12 bits per heavy atom. The summed E-state index contributed by atoms with van der Waals surface area (Å²) in [5, 5.41) is 5.25. The van der Waals surface area contributed by atoms with Gasteiger partial charge >= 0.3 is 0 Å². The fourth-order valence-electron chi connectivity index (χ4n) is 3.73. The van der Waals surface area contributed by atoms with Gasteiger partial charge in [0.05, 0.1) is 41.6 Å². The summed E-state index contributed by atoms with van der Waals surface area (Å²) in [6.45, 7) is 0.860. The molecule has 0 bridgehead atoms. The molecule has 2 aromatic carbocycles. The van der Waals surface area contributed by atoms with E-state index in [-0.39, 0.29) is 12.1 Å². The van der Waals surface area contributed by atoms with Crippen molar-refractivity contribution in [2.75, 3.05) is 13.7 Å². The summed E-state index contributed by atoms with van der Waals surface area (Å²) < 4.78 is 33.9. The first kappa shape index (κ1) is 20.2. The summed E-state index contributed by atoms with van der Waals surface area (Å²) in [4.78, 5) is 17.8. The normalized spacial score (nSPS) is 14.5. The van der Waals surface area contributed by atoms with E-state index in [9.17, 15) is 9.00 Å². The van der Waals surface area contributed by atoms with Gasteiger partial charge in [-0.1, -0.05) is 6.07 Å². The Labute approximate surface area is 184 Å². The maximum absolute atomic E-state index is 13.4. The highest BCUT2D eigenvalue weighted by Crippen LogP contribution is 2.31. The molecule has 0 fully saturated rings. The minimum absolute atomic E-state index is 0.264. The van der Waals surface area contributed by atoms with Crippen molar-refractivity contribution in [1.82, 2.24) is 14.8 Å². The quantitative estimate of drug-likeness (QED) is 0.502. The number of hydrogen-bond donors (Lipinski definition) is 1. The standard InChI is InChI=1S/C23H20N4O4S/c1-30-22-7-2-15(12-25-22)14-27-23(28)20-5-3-18(11-17(20)13-26-27)32(24,29)19-4-6-21-16(10-19)8-9-31-21/h2-7,10-13,24H,8-9,14H2,1H3/t32-/m1/s1. The molecule has 0 aliphatic carbocycles. The predicted molar refractivity (Wildman–Crippen MR) is 119 cm³/mol. The topological polar surface area (TPSA) is 107 Å². The lowest BCUT2D eigenvalue weighted by molar-refractivity contribution is 0.356. The number of ether oxygens (including phenoxy) is 2. The van der Waals surface area contributed by atoms with Gasteiger partial charge in [0, 0.05) is 24.1 Å². The van der Waals surface area contributed by atoms with Crippen LogP contribution in [0.3, 0.4) is 0 Å². The zero-order chi connectivity index (χ0) is 22.3. The number of nitrogens with one attached hydrogen (secondary N) is 1. The molecule has 0 spiro atoms. The van der Waals surface area contributed by atoms with Gasteiger partial charge < -0.3 is 9.47 Å². The van der Waals surface area contributed by atoms with Gasteiger partial charge in [0.15, 0.2) is 0 Å². The number of methoxy groups -OCH3 is 1. The Morgan fingerprint density at radius 2 is 1.94 bits per heavy atom. The first-order valence-corrected chi connectivity index (χ1v) is 11.5. The summed E-state index contributed by atoms with van der Waals surface area (Å²) in [6, 6.07) is 13.6. The molecule has 32 heavy (non-hydrogen) atoms. The minimum atomic E-state index is -3.24.